The molecule has 5 heteroatoms. The van der Waals surface area contributed by atoms with Crippen LogP contribution in [0.5, 0.6) is 0 Å². The van der Waals surface area contributed by atoms with Crippen molar-refractivity contribution in [2.45, 2.75) is 20.8 Å². The number of nitrogens with zero attached hydrogens (tertiary/aromatic N) is 1. The summed E-state index contributed by atoms with van der Waals surface area (Å²) in [7, 11) is 0. The van der Waals surface area contributed by atoms with Crippen LogP contribution < -0.4 is 11.1 Å². The maximum Gasteiger partial charge on any atom is 0.257 e. The predicted octanol–water partition coefficient (Wildman–Crippen LogP) is 2.17. The first-order chi connectivity index (χ1) is 8.49. The summed E-state index contributed by atoms with van der Waals surface area (Å²) >= 11 is 0. The molecule has 4 N–H and O–H groups in total. The van der Waals surface area contributed by atoms with Crippen molar-refractivity contribution in [1.29, 1.82) is 0 Å². The number of hydrogen-bond acceptors (Lipinski definition) is 3. The zero-order chi connectivity index (χ0) is 13.3. The van der Waals surface area contributed by atoms with Crippen LogP contribution in [0.25, 0.3) is 0 Å². The Morgan fingerprint density at radius 3 is 2.67 bits per heavy atom. The Morgan fingerprint density at radius 1 is 1.33 bits per heavy atom. The quantitative estimate of drug-likeness (QED) is 0.757. The summed E-state index contributed by atoms with van der Waals surface area (Å²) in [4.78, 5) is 12.1. The molecule has 0 unspecified atom stereocenters. The summed E-state index contributed by atoms with van der Waals surface area (Å²) in [5.41, 5.74) is 9.59. The molecule has 18 heavy (non-hydrogen) atoms. The number of nitrogens with one attached hydrogen (secondary N) is 2. The number of rotatable bonds is 2. The Bertz CT molecular complexity index is 601. The van der Waals surface area contributed by atoms with Crippen molar-refractivity contribution in [1.82, 2.24) is 10.2 Å². The van der Waals surface area contributed by atoms with Crippen LogP contribution in [-0.2, 0) is 0 Å². The van der Waals surface area contributed by atoms with Crippen molar-refractivity contribution in [2.24, 2.45) is 0 Å². The second-order valence-electron chi connectivity index (χ2n) is 4.38. The van der Waals surface area contributed by atoms with Gasteiger partial charge < -0.3 is 11.1 Å². The van der Waals surface area contributed by atoms with Crippen LogP contribution in [0.4, 0.5) is 11.5 Å². The maximum atomic E-state index is 12.1. The van der Waals surface area contributed by atoms with E-state index >= 15 is 0 Å². The van der Waals surface area contributed by atoms with Gasteiger partial charge in [-0.25, -0.2) is 0 Å². The van der Waals surface area contributed by atoms with E-state index in [9.17, 15) is 4.79 Å². The number of benzene rings is 1. The summed E-state index contributed by atoms with van der Waals surface area (Å²) in [6, 6.07) is 5.74. The molecular formula is C13H16N4O. The normalized spacial score (nSPS) is 10.4. The Balaban J connectivity index is 2.27. The number of aromatic amines is 1. The van der Waals surface area contributed by atoms with Gasteiger partial charge in [-0.05, 0) is 32.4 Å². The Kier molecular flexibility index (Phi) is 3.06. The zero-order valence-corrected chi connectivity index (χ0v) is 10.7. The van der Waals surface area contributed by atoms with Crippen molar-refractivity contribution in [3.8, 4) is 0 Å². The first-order valence-corrected chi connectivity index (χ1v) is 5.68. The van der Waals surface area contributed by atoms with Gasteiger partial charge >= 0.3 is 0 Å². The lowest BCUT2D eigenvalue weighted by atomic mass is 10.1. The summed E-state index contributed by atoms with van der Waals surface area (Å²) in [5, 5.41) is 9.39. The van der Waals surface area contributed by atoms with E-state index in [4.69, 9.17) is 5.73 Å². The molecule has 94 valence electrons. The first-order valence-electron chi connectivity index (χ1n) is 5.68. The molecule has 1 aromatic carbocycles. The SMILES string of the molecule is Cc1ccc(C)c(C(=O)Nc2n[nH]c(C)c2N)c1. The second kappa shape index (κ2) is 4.52. The average molecular weight is 244 g/mol. The van der Waals surface area contributed by atoms with Crippen molar-refractivity contribution in [3.05, 3.63) is 40.6 Å². The summed E-state index contributed by atoms with van der Waals surface area (Å²) in [6.07, 6.45) is 0. The smallest absolute Gasteiger partial charge is 0.257 e. The van der Waals surface area contributed by atoms with Crippen LogP contribution in [0.1, 0.15) is 27.2 Å². The fourth-order valence-corrected chi connectivity index (χ4v) is 1.69. The van der Waals surface area contributed by atoms with Gasteiger partial charge in [0.25, 0.3) is 5.91 Å². The van der Waals surface area contributed by atoms with E-state index in [1.807, 2.05) is 32.0 Å². The third kappa shape index (κ3) is 2.20. The molecule has 0 aliphatic rings. The highest BCUT2D eigenvalue weighted by Gasteiger charge is 2.13. The van der Waals surface area contributed by atoms with Gasteiger partial charge in [-0.3, -0.25) is 9.89 Å². The van der Waals surface area contributed by atoms with Gasteiger partial charge in [-0.15, -0.1) is 0 Å². The molecule has 0 aliphatic heterocycles. The van der Waals surface area contributed by atoms with Gasteiger partial charge in [0.15, 0.2) is 5.82 Å². The molecule has 0 atom stereocenters. The largest absolute Gasteiger partial charge is 0.394 e. The molecule has 0 fully saturated rings. The Morgan fingerprint density at radius 2 is 2.06 bits per heavy atom. The maximum absolute atomic E-state index is 12.1. The molecule has 0 saturated carbocycles. The number of H-pyrrole nitrogens is 1. The number of aromatic nitrogens is 2. The Labute approximate surface area is 105 Å². The lowest BCUT2D eigenvalue weighted by Crippen LogP contribution is -2.14. The average Bonchev–Trinajstić information content (AvgIpc) is 2.64. The van der Waals surface area contributed by atoms with E-state index < -0.39 is 0 Å². The number of amides is 1. The van der Waals surface area contributed by atoms with Gasteiger partial charge in [0.2, 0.25) is 0 Å². The van der Waals surface area contributed by atoms with Crippen LogP contribution in [0.15, 0.2) is 18.2 Å². The summed E-state index contributed by atoms with van der Waals surface area (Å²) in [5.74, 6) is 0.174. The lowest BCUT2D eigenvalue weighted by Gasteiger charge is -2.07. The highest BCUT2D eigenvalue weighted by Crippen LogP contribution is 2.19. The minimum absolute atomic E-state index is 0.200. The molecule has 0 aliphatic carbocycles. The van der Waals surface area contributed by atoms with Gasteiger partial charge in [-0.2, -0.15) is 5.10 Å². The molecule has 1 aromatic heterocycles. The van der Waals surface area contributed by atoms with E-state index in [2.05, 4.69) is 15.5 Å². The van der Waals surface area contributed by atoms with Crippen LogP contribution >= 0.6 is 0 Å². The molecule has 2 aromatic rings. The Hall–Kier alpha value is -2.30. The highest BCUT2D eigenvalue weighted by atomic mass is 16.1. The van der Waals surface area contributed by atoms with E-state index in [0.717, 1.165) is 16.8 Å². The summed E-state index contributed by atoms with van der Waals surface area (Å²) < 4.78 is 0. The predicted molar refractivity (Wildman–Crippen MR) is 71.6 cm³/mol. The lowest BCUT2D eigenvalue weighted by molar-refractivity contribution is 0.102. The molecule has 1 heterocycles. The molecule has 0 bridgehead atoms. The van der Waals surface area contributed by atoms with Crippen LogP contribution in [0, 0.1) is 20.8 Å². The first kappa shape index (κ1) is 12.2. The number of nitrogens with two attached hydrogens (primary N) is 1. The number of hydrogen-bond donors (Lipinski definition) is 3. The fraction of sp³-hybridized carbons (Fsp3) is 0.231. The number of carbonyl (C=O) groups is 1. The van der Waals surface area contributed by atoms with Crippen molar-refractivity contribution in [2.75, 3.05) is 11.1 Å². The molecule has 0 radical (unpaired) electrons. The van der Waals surface area contributed by atoms with Crippen LogP contribution in [-0.4, -0.2) is 16.1 Å². The fourth-order valence-electron chi connectivity index (χ4n) is 1.69. The topological polar surface area (TPSA) is 83.8 Å². The molecule has 0 spiro atoms. The third-order valence-corrected chi connectivity index (χ3v) is 2.86. The minimum Gasteiger partial charge on any atom is -0.394 e. The van der Waals surface area contributed by atoms with E-state index in [1.165, 1.54) is 0 Å². The van der Waals surface area contributed by atoms with Crippen LogP contribution in [0.2, 0.25) is 0 Å². The zero-order valence-electron chi connectivity index (χ0n) is 10.7. The van der Waals surface area contributed by atoms with Gasteiger partial charge in [0.05, 0.1) is 11.4 Å². The number of aryl methyl sites for hydroxylation is 3. The van der Waals surface area contributed by atoms with Crippen molar-refractivity contribution in [3.63, 3.8) is 0 Å². The van der Waals surface area contributed by atoms with E-state index in [1.54, 1.807) is 6.92 Å². The van der Waals surface area contributed by atoms with Crippen molar-refractivity contribution < 1.29 is 4.79 Å². The molecule has 0 saturated heterocycles. The summed E-state index contributed by atoms with van der Waals surface area (Å²) in [6.45, 7) is 5.65. The minimum atomic E-state index is -0.200. The van der Waals surface area contributed by atoms with Gasteiger partial charge in [0.1, 0.15) is 0 Å². The third-order valence-electron chi connectivity index (χ3n) is 2.86. The second-order valence-corrected chi connectivity index (χ2v) is 4.38. The molecule has 2 rings (SSSR count). The number of carbonyl (C=O) groups excluding carboxylic acids is 1. The molecular weight excluding hydrogens is 228 g/mol. The van der Waals surface area contributed by atoms with Gasteiger partial charge in [-0.1, -0.05) is 17.7 Å². The highest BCUT2D eigenvalue weighted by molar-refractivity contribution is 6.06. The van der Waals surface area contributed by atoms with Crippen LogP contribution in [0.3, 0.4) is 0 Å². The monoisotopic (exact) mass is 244 g/mol. The number of nitrogen functional groups attached to an aromatic ring is 1. The molecule has 5 nitrogen and oxygen atoms in total. The molecule has 1 amide bonds. The van der Waals surface area contributed by atoms with Gasteiger partial charge in [0, 0.05) is 5.56 Å². The van der Waals surface area contributed by atoms with E-state index in [-0.39, 0.29) is 5.91 Å². The van der Waals surface area contributed by atoms with E-state index in [0.29, 0.717) is 17.1 Å². The standard InChI is InChI=1S/C13H16N4O/c1-7-4-5-8(2)10(6-7)13(18)15-12-11(14)9(3)16-17-12/h4-6H,14H2,1-3H3,(H2,15,16,17,18). The van der Waals surface area contributed by atoms with Crippen molar-refractivity contribution >= 4 is 17.4 Å². The number of anilines is 2.